The highest BCUT2D eigenvalue weighted by molar-refractivity contribution is 7.80. The molecule has 1 aromatic rings. The molecule has 0 aromatic heterocycles. The van der Waals surface area contributed by atoms with Crippen LogP contribution in [0.3, 0.4) is 0 Å². The number of rotatable bonds is 2. The lowest BCUT2D eigenvalue weighted by molar-refractivity contribution is -0.142. The lowest BCUT2D eigenvalue weighted by atomic mass is 10.1. The number of nitrogens with one attached hydrogen (secondary N) is 2. The van der Waals surface area contributed by atoms with Gasteiger partial charge in [-0.3, -0.25) is 0 Å². The van der Waals surface area contributed by atoms with Gasteiger partial charge in [-0.15, -0.1) is 0 Å². The fraction of sp³-hybridized carbons (Fsp3) is 0.429. The molecule has 19 heavy (non-hydrogen) atoms. The molecule has 1 aliphatic rings. The van der Waals surface area contributed by atoms with Crippen LogP contribution in [0.25, 0.3) is 0 Å². The van der Waals surface area contributed by atoms with Crippen molar-refractivity contribution in [1.29, 1.82) is 0 Å². The van der Waals surface area contributed by atoms with Crippen molar-refractivity contribution in [2.45, 2.75) is 39.3 Å². The summed E-state index contributed by atoms with van der Waals surface area (Å²) in [5.74, 6) is -0.239. The molecule has 1 aromatic carbocycles. The van der Waals surface area contributed by atoms with E-state index in [1.807, 2.05) is 32.0 Å². The van der Waals surface area contributed by atoms with Gasteiger partial charge in [0, 0.05) is 12.1 Å². The number of esters is 1. The summed E-state index contributed by atoms with van der Waals surface area (Å²) in [6.45, 7) is 5.98. The highest BCUT2D eigenvalue weighted by Gasteiger charge is 2.32. The van der Waals surface area contributed by atoms with Gasteiger partial charge in [0.1, 0.15) is 12.1 Å². The molecule has 0 spiro atoms. The van der Waals surface area contributed by atoms with E-state index in [0.29, 0.717) is 11.5 Å². The van der Waals surface area contributed by atoms with E-state index in [1.165, 1.54) is 11.1 Å². The van der Waals surface area contributed by atoms with Gasteiger partial charge < -0.3 is 15.4 Å². The molecule has 1 heterocycles. The third kappa shape index (κ3) is 3.44. The van der Waals surface area contributed by atoms with E-state index in [9.17, 15) is 4.79 Å². The Kier molecular flexibility index (Phi) is 4.04. The van der Waals surface area contributed by atoms with E-state index in [1.54, 1.807) is 0 Å². The first-order valence-electron chi connectivity index (χ1n) is 6.31. The molecule has 0 saturated carbocycles. The average molecular weight is 278 g/mol. The maximum absolute atomic E-state index is 11.5. The Hall–Kier alpha value is -1.62. The zero-order valence-corrected chi connectivity index (χ0v) is 12.1. The molecule has 0 bridgehead atoms. The SMILES string of the molecule is Cc1ccc(NC(=S)N[C@@H]2C[C@@H](C)OC2=O)cc1C. The summed E-state index contributed by atoms with van der Waals surface area (Å²) >= 11 is 5.21. The zero-order chi connectivity index (χ0) is 14.0. The minimum Gasteiger partial charge on any atom is -0.461 e. The van der Waals surface area contributed by atoms with Crippen LogP contribution in [0.5, 0.6) is 0 Å². The number of hydrogen-bond acceptors (Lipinski definition) is 3. The second-order valence-corrected chi connectivity index (χ2v) is 5.34. The Bertz CT molecular complexity index is 516. The van der Waals surface area contributed by atoms with E-state index >= 15 is 0 Å². The summed E-state index contributed by atoms with van der Waals surface area (Å²) in [7, 11) is 0. The Morgan fingerprint density at radius 3 is 2.68 bits per heavy atom. The van der Waals surface area contributed by atoms with E-state index in [-0.39, 0.29) is 18.1 Å². The number of anilines is 1. The number of carbonyl (C=O) groups excluding carboxylic acids is 1. The Balaban J connectivity index is 1.94. The van der Waals surface area contributed by atoms with Gasteiger partial charge in [0.2, 0.25) is 0 Å². The lowest BCUT2D eigenvalue weighted by Gasteiger charge is -2.14. The van der Waals surface area contributed by atoms with Crippen molar-refractivity contribution in [1.82, 2.24) is 5.32 Å². The fourth-order valence-electron chi connectivity index (χ4n) is 2.02. The minimum atomic E-state index is -0.346. The van der Waals surface area contributed by atoms with Crippen LogP contribution >= 0.6 is 12.2 Å². The van der Waals surface area contributed by atoms with Crippen LogP contribution in [0.2, 0.25) is 0 Å². The number of cyclic esters (lactones) is 1. The van der Waals surface area contributed by atoms with Gasteiger partial charge >= 0.3 is 5.97 Å². The predicted octanol–water partition coefficient (Wildman–Crippen LogP) is 2.29. The lowest BCUT2D eigenvalue weighted by Crippen LogP contribution is -2.40. The third-order valence-electron chi connectivity index (χ3n) is 3.24. The molecule has 0 radical (unpaired) electrons. The standard InChI is InChI=1S/C14H18N2O2S/c1-8-4-5-11(6-9(8)2)15-14(19)16-12-7-10(3)18-13(12)17/h4-6,10,12H,7H2,1-3H3,(H2,15,16,19)/t10-,12-/m1/s1. The van der Waals surface area contributed by atoms with Crippen molar-refractivity contribution in [3.8, 4) is 0 Å². The molecule has 5 heteroatoms. The van der Waals surface area contributed by atoms with Crippen molar-refractivity contribution in [3.63, 3.8) is 0 Å². The Labute approximate surface area is 118 Å². The number of hydrogen-bond donors (Lipinski definition) is 2. The maximum atomic E-state index is 11.5. The molecule has 2 N–H and O–H groups in total. The van der Waals surface area contributed by atoms with Crippen molar-refractivity contribution in [3.05, 3.63) is 29.3 Å². The van der Waals surface area contributed by atoms with Crippen LogP contribution in [0, 0.1) is 13.8 Å². The molecular formula is C14H18N2O2S. The zero-order valence-electron chi connectivity index (χ0n) is 11.3. The molecule has 0 aliphatic carbocycles. The average Bonchev–Trinajstić information content (AvgIpc) is 2.62. The van der Waals surface area contributed by atoms with Gasteiger partial charge in [-0.05, 0) is 56.2 Å². The first-order chi connectivity index (χ1) is 8.95. The summed E-state index contributed by atoms with van der Waals surface area (Å²) in [5.41, 5.74) is 3.35. The fourth-order valence-corrected chi connectivity index (χ4v) is 2.28. The van der Waals surface area contributed by atoms with Crippen molar-refractivity contribution in [2.75, 3.05) is 5.32 Å². The largest absolute Gasteiger partial charge is 0.461 e. The van der Waals surface area contributed by atoms with Gasteiger partial charge in [-0.25, -0.2) is 4.79 Å². The summed E-state index contributed by atoms with van der Waals surface area (Å²) in [5, 5.41) is 6.52. The number of benzene rings is 1. The van der Waals surface area contributed by atoms with Gasteiger partial charge in [-0.2, -0.15) is 0 Å². The van der Waals surface area contributed by atoms with Crippen LogP contribution in [0.4, 0.5) is 5.69 Å². The predicted molar refractivity (Wildman–Crippen MR) is 79.2 cm³/mol. The van der Waals surface area contributed by atoms with Crippen LogP contribution in [0.15, 0.2) is 18.2 Å². The summed E-state index contributed by atoms with van der Waals surface area (Å²) < 4.78 is 5.07. The summed E-state index contributed by atoms with van der Waals surface area (Å²) in [6.07, 6.45) is 0.600. The maximum Gasteiger partial charge on any atom is 0.329 e. The van der Waals surface area contributed by atoms with E-state index < -0.39 is 0 Å². The molecule has 0 amide bonds. The molecule has 1 saturated heterocycles. The first-order valence-corrected chi connectivity index (χ1v) is 6.72. The number of aryl methyl sites for hydroxylation is 2. The van der Waals surface area contributed by atoms with Crippen molar-refractivity contribution in [2.24, 2.45) is 0 Å². The van der Waals surface area contributed by atoms with E-state index in [0.717, 1.165) is 5.69 Å². The first kappa shape index (κ1) is 13.8. The molecule has 1 fully saturated rings. The van der Waals surface area contributed by atoms with Crippen LogP contribution < -0.4 is 10.6 Å². The minimum absolute atomic E-state index is 0.0468. The normalized spacial score (nSPS) is 21.9. The molecule has 4 nitrogen and oxygen atoms in total. The molecular weight excluding hydrogens is 260 g/mol. The number of ether oxygens (including phenoxy) is 1. The Morgan fingerprint density at radius 2 is 2.11 bits per heavy atom. The monoisotopic (exact) mass is 278 g/mol. The quantitative estimate of drug-likeness (QED) is 0.642. The van der Waals surface area contributed by atoms with E-state index in [2.05, 4.69) is 17.6 Å². The van der Waals surface area contributed by atoms with E-state index in [4.69, 9.17) is 17.0 Å². The Morgan fingerprint density at radius 1 is 1.37 bits per heavy atom. The number of thiocarbonyl (C=S) groups is 1. The van der Waals surface area contributed by atoms with Gasteiger partial charge in [0.15, 0.2) is 5.11 Å². The highest BCUT2D eigenvalue weighted by Crippen LogP contribution is 2.16. The van der Waals surface area contributed by atoms with Crippen LogP contribution in [-0.2, 0) is 9.53 Å². The van der Waals surface area contributed by atoms with Crippen LogP contribution in [-0.4, -0.2) is 23.2 Å². The molecule has 102 valence electrons. The molecule has 2 rings (SSSR count). The highest BCUT2D eigenvalue weighted by atomic mass is 32.1. The summed E-state index contributed by atoms with van der Waals surface area (Å²) in [4.78, 5) is 11.5. The summed E-state index contributed by atoms with van der Waals surface area (Å²) in [6, 6.07) is 5.68. The second-order valence-electron chi connectivity index (χ2n) is 4.93. The number of carbonyl (C=O) groups is 1. The van der Waals surface area contributed by atoms with Gasteiger partial charge in [0.25, 0.3) is 0 Å². The van der Waals surface area contributed by atoms with Crippen molar-refractivity contribution < 1.29 is 9.53 Å². The second kappa shape index (κ2) is 5.57. The molecule has 2 atom stereocenters. The van der Waals surface area contributed by atoms with Crippen LogP contribution in [0.1, 0.15) is 24.5 Å². The topological polar surface area (TPSA) is 50.4 Å². The third-order valence-corrected chi connectivity index (χ3v) is 3.46. The van der Waals surface area contributed by atoms with Crippen molar-refractivity contribution >= 4 is 29.0 Å². The van der Waals surface area contributed by atoms with Gasteiger partial charge in [-0.1, -0.05) is 6.07 Å². The molecule has 1 aliphatic heterocycles. The smallest absolute Gasteiger partial charge is 0.329 e. The molecule has 0 unspecified atom stereocenters. The van der Waals surface area contributed by atoms with Gasteiger partial charge in [0.05, 0.1) is 0 Å².